The van der Waals surface area contributed by atoms with Crippen LogP contribution in [0.4, 0.5) is 0 Å². The first-order valence-electron chi connectivity index (χ1n) is 8.51. The van der Waals surface area contributed by atoms with Crippen LogP contribution in [0.3, 0.4) is 0 Å². The molecule has 3 rings (SSSR count). The summed E-state index contributed by atoms with van der Waals surface area (Å²) < 4.78 is 0. The summed E-state index contributed by atoms with van der Waals surface area (Å²) >= 11 is 0. The molecule has 1 atom stereocenters. The summed E-state index contributed by atoms with van der Waals surface area (Å²) in [5.74, 6) is 0.610. The van der Waals surface area contributed by atoms with Gasteiger partial charge in [0.1, 0.15) is 0 Å². The lowest BCUT2D eigenvalue weighted by molar-refractivity contribution is -0.132. The third-order valence-corrected chi connectivity index (χ3v) is 4.82. The first-order valence-corrected chi connectivity index (χ1v) is 8.51. The number of likely N-dealkylation sites (tertiary alicyclic amines) is 2. The fourth-order valence-corrected chi connectivity index (χ4v) is 3.48. The maximum Gasteiger partial charge on any atom is 0.222 e. The third kappa shape index (κ3) is 4.52. The van der Waals surface area contributed by atoms with Crippen LogP contribution in [0.5, 0.6) is 0 Å². The van der Waals surface area contributed by atoms with Crippen molar-refractivity contribution in [3.63, 3.8) is 0 Å². The number of rotatable bonds is 3. The number of aryl methyl sites for hydroxylation is 1. The Balaban J connectivity index is 0.000000924. The minimum atomic E-state index is 0.263. The highest BCUT2D eigenvalue weighted by Crippen LogP contribution is 2.31. The topological polar surface area (TPSA) is 56.7 Å². The van der Waals surface area contributed by atoms with E-state index in [1.165, 1.54) is 37.2 Å². The molecule has 2 aliphatic heterocycles. The van der Waals surface area contributed by atoms with E-state index in [1.54, 1.807) is 0 Å². The van der Waals surface area contributed by atoms with Gasteiger partial charge < -0.3 is 10.0 Å². The van der Waals surface area contributed by atoms with Gasteiger partial charge in [0.05, 0.1) is 5.69 Å². The van der Waals surface area contributed by atoms with E-state index < -0.39 is 0 Å². The normalized spacial score (nSPS) is 22.0. The van der Waals surface area contributed by atoms with Gasteiger partial charge in [-0.2, -0.15) is 0 Å². The largest absolute Gasteiger partial charge is 0.400 e. The fraction of sp³-hybridized carbons (Fsp3) is 0.667. The summed E-state index contributed by atoms with van der Waals surface area (Å²) in [5.41, 5.74) is 3.57. The van der Waals surface area contributed by atoms with Crippen molar-refractivity contribution in [3.05, 3.63) is 29.1 Å². The molecule has 1 unspecified atom stereocenters. The number of amides is 1. The Morgan fingerprint density at radius 3 is 2.57 bits per heavy atom. The monoisotopic (exact) mass is 319 g/mol. The highest BCUT2D eigenvalue weighted by molar-refractivity contribution is 5.77. The van der Waals surface area contributed by atoms with Gasteiger partial charge in [0.25, 0.3) is 0 Å². The molecule has 2 fully saturated rings. The summed E-state index contributed by atoms with van der Waals surface area (Å²) in [7, 11) is 2.90. The molecule has 0 saturated carbocycles. The first-order chi connectivity index (χ1) is 11.1. The van der Waals surface area contributed by atoms with Crippen LogP contribution in [0.1, 0.15) is 48.6 Å². The van der Waals surface area contributed by atoms with Crippen LogP contribution < -0.4 is 0 Å². The molecule has 0 bridgehead atoms. The van der Waals surface area contributed by atoms with Crippen molar-refractivity contribution in [2.45, 2.75) is 45.1 Å². The van der Waals surface area contributed by atoms with Crippen LogP contribution in [0, 0.1) is 6.92 Å². The lowest BCUT2D eigenvalue weighted by Crippen LogP contribution is -2.35. The van der Waals surface area contributed by atoms with E-state index in [0.29, 0.717) is 12.3 Å². The molecule has 0 aliphatic carbocycles. The zero-order valence-corrected chi connectivity index (χ0v) is 14.6. The second-order valence-corrected chi connectivity index (χ2v) is 6.48. The lowest BCUT2D eigenvalue weighted by atomic mass is 9.88. The number of aliphatic hydroxyl groups excluding tert-OH is 1. The van der Waals surface area contributed by atoms with Gasteiger partial charge in [-0.1, -0.05) is 6.07 Å². The average Bonchev–Trinajstić information content (AvgIpc) is 3.05. The van der Waals surface area contributed by atoms with E-state index in [2.05, 4.69) is 24.0 Å². The molecule has 1 aromatic rings. The molecule has 3 heterocycles. The van der Waals surface area contributed by atoms with Crippen molar-refractivity contribution in [2.75, 3.05) is 33.8 Å². The summed E-state index contributed by atoms with van der Waals surface area (Å²) in [4.78, 5) is 21.1. The molecular formula is C18H29N3O2. The van der Waals surface area contributed by atoms with Gasteiger partial charge in [-0.25, -0.2) is 0 Å². The summed E-state index contributed by atoms with van der Waals surface area (Å²) in [6, 6.07) is 4.29. The molecule has 0 radical (unpaired) electrons. The highest BCUT2D eigenvalue weighted by atomic mass is 16.2. The predicted octanol–water partition coefficient (Wildman–Crippen LogP) is 1.93. The van der Waals surface area contributed by atoms with E-state index in [9.17, 15) is 4.79 Å². The van der Waals surface area contributed by atoms with Crippen molar-refractivity contribution >= 4 is 5.91 Å². The Kier molecular flexibility index (Phi) is 6.54. The Hall–Kier alpha value is -1.46. The number of hydrogen-bond donors (Lipinski definition) is 1. The van der Waals surface area contributed by atoms with Gasteiger partial charge in [0.15, 0.2) is 0 Å². The van der Waals surface area contributed by atoms with E-state index >= 15 is 0 Å². The Bertz CT molecular complexity index is 527. The number of carbonyl (C=O) groups is 1. The van der Waals surface area contributed by atoms with Gasteiger partial charge in [0, 0.05) is 39.4 Å². The zero-order chi connectivity index (χ0) is 16.8. The van der Waals surface area contributed by atoms with Crippen molar-refractivity contribution in [2.24, 2.45) is 0 Å². The third-order valence-electron chi connectivity index (χ3n) is 4.82. The SMILES string of the molecule is CO.Cc1ccc(C2CCN(C)C(=O)C2)c(CN2CCCC2)n1. The number of aromatic nitrogens is 1. The van der Waals surface area contributed by atoms with E-state index in [1.807, 2.05) is 11.9 Å². The number of pyridine rings is 1. The van der Waals surface area contributed by atoms with Crippen LogP contribution >= 0.6 is 0 Å². The maximum atomic E-state index is 12.0. The van der Waals surface area contributed by atoms with E-state index in [0.717, 1.165) is 32.3 Å². The minimum Gasteiger partial charge on any atom is -0.400 e. The lowest BCUT2D eigenvalue weighted by Gasteiger charge is -2.30. The Labute approximate surface area is 139 Å². The standard InChI is InChI=1S/C17H25N3O.CH4O/c1-13-5-6-15(14-7-10-19(2)17(21)11-14)16(18-13)12-20-8-3-4-9-20;1-2/h5-6,14H,3-4,7-12H2,1-2H3;2H,1H3. The highest BCUT2D eigenvalue weighted by Gasteiger charge is 2.27. The molecule has 0 aromatic carbocycles. The molecule has 1 aromatic heterocycles. The fourth-order valence-electron chi connectivity index (χ4n) is 3.48. The molecule has 128 valence electrons. The van der Waals surface area contributed by atoms with Crippen LogP contribution in [-0.4, -0.2) is 59.6 Å². The van der Waals surface area contributed by atoms with Crippen LogP contribution in [0.15, 0.2) is 12.1 Å². The van der Waals surface area contributed by atoms with Crippen LogP contribution in [0.2, 0.25) is 0 Å². The van der Waals surface area contributed by atoms with Crippen molar-refractivity contribution in [1.29, 1.82) is 0 Å². The quantitative estimate of drug-likeness (QED) is 0.925. The molecule has 5 heteroatoms. The average molecular weight is 319 g/mol. The Morgan fingerprint density at radius 1 is 1.22 bits per heavy atom. The molecule has 23 heavy (non-hydrogen) atoms. The Morgan fingerprint density at radius 2 is 1.91 bits per heavy atom. The second-order valence-electron chi connectivity index (χ2n) is 6.48. The van der Waals surface area contributed by atoms with E-state index in [-0.39, 0.29) is 5.91 Å². The maximum absolute atomic E-state index is 12.0. The second kappa shape index (κ2) is 8.41. The number of hydrogen-bond acceptors (Lipinski definition) is 4. The molecule has 2 aliphatic rings. The molecular weight excluding hydrogens is 290 g/mol. The molecule has 1 N–H and O–H groups in total. The van der Waals surface area contributed by atoms with Crippen molar-refractivity contribution in [1.82, 2.24) is 14.8 Å². The smallest absolute Gasteiger partial charge is 0.222 e. The number of piperidine rings is 1. The van der Waals surface area contributed by atoms with Gasteiger partial charge in [-0.15, -0.1) is 0 Å². The minimum absolute atomic E-state index is 0.263. The van der Waals surface area contributed by atoms with Crippen molar-refractivity contribution in [3.8, 4) is 0 Å². The molecule has 0 spiro atoms. The predicted molar refractivity (Wildman–Crippen MR) is 91.2 cm³/mol. The van der Waals surface area contributed by atoms with Gasteiger partial charge in [-0.3, -0.25) is 14.7 Å². The zero-order valence-electron chi connectivity index (χ0n) is 14.6. The van der Waals surface area contributed by atoms with Crippen molar-refractivity contribution < 1.29 is 9.90 Å². The molecule has 1 amide bonds. The van der Waals surface area contributed by atoms with Crippen LogP contribution in [0.25, 0.3) is 0 Å². The van der Waals surface area contributed by atoms with Gasteiger partial charge >= 0.3 is 0 Å². The van der Waals surface area contributed by atoms with Gasteiger partial charge in [0.2, 0.25) is 5.91 Å². The summed E-state index contributed by atoms with van der Waals surface area (Å²) in [5, 5.41) is 7.00. The number of carbonyl (C=O) groups excluding carboxylic acids is 1. The summed E-state index contributed by atoms with van der Waals surface area (Å²) in [6.45, 7) is 6.22. The number of nitrogens with zero attached hydrogens (tertiary/aromatic N) is 3. The number of aliphatic hydroxyl groups is 1. The van der Waals surface area contributed by atoms with Crippen LogP contribution in [-0.2, 0) is 11.3 Å². The van der Waals surface area contributed by atoms with E-state index in [4.69, 9.17) is 10.1 Å². The summed E-state index contributed by atoms with van der Waals surface area (Å²) in [6.07, 6.45) is 4.29. The molecule has 2 saturated heterocycles. The van der Waals surface area contributed by atoms with Gasteiger partial charge in [-0.05, 0) is 56.8 Å². The first kappa shape index (κ1) is 17.9. The molecule has 5 nitrogen and oxygen atoms in total.